The van der Waals surface area contributed by atoms with Crippen LogP contribution in [0.1, 0.15) is 0 Å². The standard InChI is InChI=1S/2H2S.2S.Ta/h2*1H2;;;/q;;2*-2;+5/p-1. The molecule has 0 aliphatic carbocycles. The number of rotatable bonds is 0. The van der Waals surface area contributed by atoms with Crippen LogP contribution in [0.3, 0.4) is 0 Å². The minimum absolute atomic E-state index is 0. The normalized spacial score (nSPS) is 0. The van der Waals surface area contributed by atoms with Gasteiger partial charge in [0.15, 0.2) is 0 Å². The fourth-order valence-electron chi connectivity index (χ4n) is 0. The zero-order chi connectivity index (χ0) is 0. The minimum atomic E-state index is 0. The second-order valence-electron chi connectivity index (χ2n) is 0. The summed E-state index contributed by atoms with van der Waals surface area (Å²) in [5.74, 6) is 0. The van der Waals surface area contributed by atoms with Crippen molar-refractivity contribution >= 4 is 54.0 Å². The van der Waals surface area contributed by atoms with E-state index in [4.69, 9.17) is 0 Å². The van der Waals surface area contributed by atoms with Gasteiger partial charge in [-0.2, -0.15) is 13.5 Å². The first kappa shape index (κ1) is 58.8. The SMILES string of the molecule is S.[S-2].[S-2].[SH-].[Ta+5]. The van der Waals surface area contributed by atoms with Gasteiger partial charge in [-0.05, 0) is 0 Å². The van der Waals surface area contributed by atoms with Crippen LogP contribution in [-0.2, 0) is 62.9 Å². The van der Waals surface area contributed by atoms with Gasteiger partial charge < -0.3 is 40.5 Å². The smallest absolute Gasteiger partial charge is 2.00 e. The molecule has 0 spiro atoms. The Kier molecular flexibility index (Phi) is 416. The molecule has 0 bridgehead atoms. The van der Waals surface area contributed by atoms with Crippen LogP contribution in [0.15, 0.2) is 0 Å². The summed E-state index contributed by atoms with van der Waals surface area (Å²) in [5.41, 5.74) is 0. The number of hydrogen-bond donors (Lipinski definition) is 0. The van der Waals surface area contributed by atoms with Gasteiger partial charge in [0.2, 0.25) is 0 Å². The molecule has 0 aliphatic rings. The number of thiol groups is 1. The van der Waals surface area contributed by atoms with Gasteiger partial charge in [-0.15, -0.1) is 0 Å². The summed E-state index contributed by atoms with van der Waals surface area (Å²) < 4.78 is 0. The third-order valence-electron chi connectivity index (χ3n) is 0. The zero-order valence-electron chi connectivity index (χ0n) is 2.21. The van der Waals surface area contributed by atoms with E-state index in [0.29, 0.717) is 0 Å². The van der Waals surface area contributed by atoms with Gasteiger partial charge in [0.25, 0.3) is 0 Å². The summed E-state index contributed by atoms with van der Waals surface area (Å²) in [6.45, 7) is 0. The van der Waals surface area contributed by atoms with Crippen LogP contribution >= 0.6 is 13.5 Å². The first-order chi connectivity index (χ1) is 0. The molecule has 0 fully saturated rings. The average molecular weight is 312 g/mol. The average Bonchev–Trinajstić information content (AvgIpc) is 0. The van der Waals surface area contributed by atoms with E-state index in [9.17, 15) is 0 Å². The van der Waals surface area contributed by atoms with Crippen LogP contribution in [0.2, 0.25) is 0 Å². The Morgan fingerprint density at radius 2 is 0.800 bits per heavy atom. The molecule has 0 aliphatic heterocycles. The maximum atomic E-state index is 0. The molecule has 0 atom stereocenters. The fourth-order valence-corrected chi connectivity index (χ4v) is 0. The second kappa shape index (κ2) is 35.4. The van der Waals surface area contributed by atoms with E-state index in [2.05, 4.69) is 0 Å². The van der Waals surface area contributed by atoms with Crippen molar-refractivity contribution < 1.29 is 22.4 Å². The number of hydrogen-bond acceptors (Lipinski definition) is 1. The van der Waals surface area contributed by atoms with Crippen molar-refractivity contribution in [3.8, 4) is 0 Å². The van der Waals surface area contributed by atoms with Gasteiger partial charge in [0, 0.05) is 0 Å². The molecule has 0 saturated carbocycles. The first-order valence-corrected chi connectivity index (χ1v) is 0. The Bertz CT molecular complexity index is 3.61. The maximum absolute atomic E-state index is 0. The van der Waals surface area contributed by atoms with E-state index in [1.54, 1.807) is 0 Å². The second-order valence-corrected chi connectivity index (χ2v) is 0. The van der Waals surface area contributed by atoms with Crippen molar-refractivity contribution in [1.29, 1.82) is 0 Å². The van der Waals surface area contributed by atoms with Crippen molar-refractivity contribution in [2.75, 3.05) is 0 Å². The fraction of sp³-hybridized carbons (Fsp3) is 0. The third-order valence-corrected chi connectivity index (χ3v) is 0. The molecule has 5 heteroatoms. The van der Waals surface area contributed by atoms with E-state index >= 15 is 0 Å². The third kappa shape index (κ3) is 23.0. The van der Waals surface area contributed by atoms with Crippen molar-refractivity contribution in [2.45, 2.75) is 0 Å². The summed E-state index contributed by atoms with van der Waals surface area (Å²) in [4.78, 5) is 0. The van der Waals surface area contributed by atoms with E-state index < -0.39 is 0 Å². The molecule has 0 unspecified atom stereocenters. The Balaban J connectivity index is 0. The van der Waals surface area contributed by atoms with Gasteiger partial charge in [0.1, 0.15) is 0 Å². The van der Waals surface area contributed by atoms with Gasteiger partial charge in [-0.25, -0.2) is 0 Å². The van der Waals surface area contributed by atoms with Crippen LogP contribution < -0.4 is 0 Å². The molecule has 0 heterocycles. The van der Waals surface area contributed by atoms with Crippen LogP contribution in [0.4, 0.5) is 0 Å². The van der Waals surface area contributed by atoms with E-state index in [1.807, 2.05) is 0 Å². The molecule has 0 radical (unpaired) electrons. The summed E-state index contributed by atoms with van der Waals surface area (Å²) in [7, 11) is 0. The van der Waals surface area contributed by atoms with Crippen molar-refractivity contribution in [2.24, 2.45) is 0 Å². The first-order valence-electron chi connectivity index (χ1n) is 0. The molecule has 0 aromatic rings. The van der Waals surface area contributed by atoms with Gasteiger partial charge in [0.05, 0.1) is 0 Å². The van der Waals surface area contributed by atoms with Crippen LogP contribution in [0, 0.1) is 0 Å². The molecular formula is H3S4Ta. The van der Waals surface area contributed by atoms with E-state index in [1.165, 1.54) is 0 Å². The molecule has 0 nitrogen and oxygen atoms in total. The Labute approximate surface area is 75.8 Å². The minimum Gasteiger partial charge on any atom is -2.00 e. The van der Waals surface area contributed by atoms with Gasteiger partial charge in [-0.1, -0.05) is 0 Å². The summed E-state index contributed by atoms with van der Waals surface area (Å²) in [6.07, 6.45) is 0. The van der Waals surface area contributed by atoms with Crippen LogP contribution in [0.25, 0.3) is 0 Å². The van der Waals surface area contributed by atoms with E-state index in [-0.39, 0.29) is 76.4 Å². The largest absolute Gasteiger partial charge is 5.00 e. The molecule has 0 rings (SSSR count). The quantitative estimate of drug-likeness (QED) is 0.442. The Hall–Kier alpha value is 2.14. The van der Waals surface area contributed by atoms with Gasteiger partial charge >= 0.3 is 22.4 Å². The van der Waals surface area contributed by atoms with E-state index in [0.717, 1.165) is 0 Å². The van der Waals surface area contributed by atoms with Gasteiger partial charge in [-0.3, -0.25) is 0 Å². The van der Waals surface area contributed by atoms with Crippen molar-refractivity contribution in [3.63, 3.8) is 0 Å². The summed E-state index contributed by atoms with van der Waals surface area (Å²) >= 11 is 0. The predicted octanol–water partition coefficient (Wildman–Crippen LogP) is -0.165. The predicted molar refractivity (Wildman–Crippen MR) is 33.9 cm³/mol. The molecule has 0 N–H and O–H groups in total. The summed E-state index contributed by atoms with van der Waals surface area (Å²) in [6, 6.07) is 0. The Morgan fingerprint density at radius 1 is 0.800 bits per heavy atom. The Morgan fingerprint density at radius 3 is 0.800 bits per heavy atom. The zero-order valence-corrected chi connectivity index (χ0v) is 8.95. The van der Waals surface area contributed by atoms with Crippen LogP contribution in [0.5, 0.6) is 0 Å². The molecule has 0 aromatic heterocycles. The molecule has 0 aromatic carbocycles. The molecule has 5 heavy (non-hydrogen) atoms. The van der Waals surface area contributed by atoms with Crippen LogP contribution in [-0.4, -0.2) is 0 Å². The van der Waals surface area contributed by atoms with Crippen molar-refractivity contribution in [1.82, 2.24) is 0 Å². The molecule has 32 valence electrons. The monoisotopic (exact) mass is 312 g/mol. The molecule has 0 amide bonds. The topological polar surface area (TPSA) is 0 Å². The van der Waals surface area contributed by atoms with Crippen molar-refractivity contribution in [3.05, 3.63) is 0 Å². The molecule has 0 saturated heterocycles. The molecular weight excluding hydrogens is 309 g/mol. The summed E-state index contributed by atoms with van der Waals surface area (Å²) in [5, 5.41) is 0. The maximum Gasteiger partial charge on any atom is 5.00 e.